The normalized spacial score (nSPS) is 9.71. The van der Waals surface area contributed by atoms with Gasteiger partial charge in [0.05, 0.1) is 21.3 Å². The largest absolute Gasteiger partial charge is 0.496 e. The van der Waals surface area contributed by atoms with E-state index >= 15 is 0 Å². The Morgan fingerprint density at radius 3 is 1.88 bits per heavy atom. The molecule has 0 spiro atoms. The molecule has 0 bridgehead atoms. The number of carbonyl (C=O) groups excluding carboxylic acids is 1. The van der Waals surface area contributed by atoms with Gasteiger partial charge in [-0.25, -0.2) is 4.79 Å². The minimum Gasteiger partial charge on any atom is -0.496 e. The van der Waals surface area contributed by atoms with Gasteiger partial charge in [0.25, 0.3) is 0 Å². The first kappa shape index (κ1) is 13.3. The molecule has 92 valence electrons. The zero-order valence-corrected chi connectivity index (χ0v) is 9.76. The van der Waals surface area contributed by atoms with Crippen molar-refractivity contribution in [2.24, 2.45) is 0 Å². The highest BCUT2D eigenvalue weighted by Gasteiger charge is 2.23. The highest BCUT2D eigenvalue weighted by molar-refractivity contribution is 6.58. The van der Waals surface area contributed by atoms with Gasteiger partial charge in [0.2, 0.25) is 0 Å². The number of esters is 1. The van der Waals surface area contributed by atoms with Gasteiger partial charge in [-0.15, -0.1) is 0 Å². The lowest BCUT2D eigenvalue weighted by molar-refractivity contribution is 0.0593. The number of ether oxygens (including phenoxy) is 3. The number of methoxy groups -OCH3 is 3. The van der Waals surface area contributed by atoms with Crippen molar-refractivity contribution in [3.8, 4) is 11.5 Å². The van der Waals surface area contributed by atoms with E-state index in [9.17, 15) is 4.79 Å². The minimum atomic E-state index is -1.68. The van der Waals surface area contributed by atoms with Crippen molar-refractivity contribution in [3.05, 3.63) is 17.7 Å². The fourth-order valence-corrected chi connectivity index (χ4v) is 1.38. The van der Waals surface area contributed by atoms with Gasteiger partial charge in [-0.05, 0) is 17.6 Å². The lowest BCUT2D eigenvalue weighted by Gasteiger charge is -2.13. The van der Waals surface area contributed by atoms with Gasteiger partial charge in [0, 0.05) is 0 Å². The predicted octanol–water partition coefficient (Wildman–Crippen LogP) is -0.830. The van der Waals surface area contributed by atoms with E-state index in [-0.39, 0.29) is 22.5 Å². The molecule has 17 heavy (non-hydrogen) atoms. The lowest BCUT2D eigenvalue weighted by atomic mass is 9.79. The Hall–Kier alpha value is -1.73. The molecule has 0 amide bonds. The maximum Gasteiger partial charge on any atom is 0.488 e. The van der Waals surface area contributed by atoms with E-state index in [1.165, 1.54) is 33.5 Å². The summed E-state index contributed by atoms with van der Waals surface area (Å²) < 4.78 is 14.6. The lowest BCUT2D eigenvalue weighted by Crippen LogP contribution is -2.30. The summed E-state index contributed by atoms with van der Waals surface area (Å²) in [7, 11) is 2.27. The monoisotopic (exact) mass is 240 g/mol. The smallest absolute Gasteiger partial charge is 0.488 e. The molecule has 0 aromatic heterocycles. The van der Waals surface area contributed by atoms with E-state index in [4.69, 9.17) is 19.5 Å². The molecule has 1 rings (SSSR count). The maximum absolute atomic E-state index is 11.5. The van der Waals surface area contributed by atoms with Crippen LogP contribution in [0, 0.1) is 0 Å². The van der Waals surface area contributed by atoms with Crippen LogP contribution in [0.15, 0.2) is 12.1 Å². The van der Waals surface area contributed by atoms with Crippen LogP contribution < -0.4 is 14.9 Å². The molecule has 0 heterocycles. The Kier molecular flexibility index (Phi) is 4.36. The molecule has 1 aromatic carbocycles. The molecule has 2 N–H and O–H groups in total. The van der Waals surface area contributed by atoms with E-state index in [0.717, 1.165) is 0 Å². The van der Waals surface area contributed by atoms with E-state index in [0.29, 0.717) is 0 Å². The summed E-state index contributed by atoms with van der Waals surface area (Å²) in [6, 6.07) is 2.67. The van der Waals surface area contributed by atoms with E-state index in [1.807, 2.05) is 0 Å². The fourth-order valence-electron chi connectivity index (χ4n) is 1.38. The van der Waals surface area contributed by atoms with Crippen LogP contribution in [0.3, 0.4) is 0 Å². The standard InChI is InChI=1S/C10H13BO6/c1-15-7-4-6(11(13)14)5-8(16-2)9(7)10(12)17-3/h4-5,13-14H,1-3H3. The molecule has 0 radical (unpaired) electrons. The van der Waals surface area contributed by atoms with Crippen molar-refractivity contribution in [1.29, 1.82) is 0 Å². The number of carbonyl (C=O) groups is 1. The van der Waals surface area contributed by atoms with Gasteiger partial charge in [-0.3, -0.25) is 0 Å². The van der Waals surface area contributed by atoms with Crippen molar-refractivity contribution in [2.45, 2.75) is 0 Å². The average molecular weight is 240 g/mol. The molecule has 0 aliphatic rings. The first-order valence-corrected chi connectivity index (χ1v) is 4.75. The number of hydrogen-bond acceptors (Lipinski definition) is 6. The molecule has 0 unspecified atom stereocenters. The van der Waals surface area contributed by atoms with Crippen molar-refractivity contribution in [3.63, 3.8) is 0 Å². The molecule has 0 aliphatic heterocycles. The molecule has 0 fully saturated rings. The van der Waals surface area contributed by atoms with Crippen LogP contribution in [0.25, 0.3) is 0 Å². The molecule has 0 atom stereocenters. The second kappa shape index (κ2) is 5.56. The third kappa shape index (κ3) is 2.69. The van der Waals surface area contributed by atoms with Gasteiger partial charge in [-0.2, -0.15) is 0 Å². The van der Waals surface area contributed by atoms with Crippen molar-refractivity contribution in [1.82, 2.24) is 0 Å². The summed E-state index contributed by atoms with van der Waals surface area (Å²) in [5, 5.41) is 18.2. The Morgan fingerprint density at radius 2 is 1.59 bits per heavy atom. The van der Waals surface area contributed by atoms with Crippen molar-refractivity contribution in [2.75, 3.05) is 21.3 Å². The maximum atomic E-state index is 11.5. The zero-order valence-electron chi connectivity index (χ0n) is 9.76. The molecule has 0 saturated carbocycles. The third-order valence-corrected chi connectivity index (χ3v) is 2.22. The van der Waals surface area contributed by atoms with Crippen LogP contribution in [0.2, 0.25) is 0 Å². The zero-order chi connectivity index (χ0) is 13.0. The van der Waals surface area contributed by atoms with Gasteiger partial charge in [0.1, 0.15) is 17.1 Å². The van der Waals surface area contributed by atoms with E-state index < -0.39 is 13.1 Å². The first-order chi connectivity index (χ1) is 8.04. The molecule has 0 saturated heterocycles. The third-order valence-electron chi connectivity index (χ3n) is 2.22. The summed E-state index contributed by atoms with van der Waals surface area (Å²) in [4.78, 5) is 11.5. The Balaban J connectivity index is 3.41. The molecule has 6 nitrogen and oxygen atoms in total. The number of benzene rings is 1. The van der Waals surface area contributed by atoms with Gasteiger partial charge >= 0.3 is 13.1 Å². The van der Waals surface area contributed by atoms with Crippen molar-refractivity contribution >= 4 is 18.6 Å². The highest BCUT2D eigenvalue weighted by Crippen LogP contribution is 2.27. The van der Waals surface area contributed by atoms with Crippen LogP contribution in [0.1, 0.15) is 10.4 Å². The molecular formula is C10H13BO6. The second-order valence-electron chi connectivity index (χ2n) is 3.17. The number of rotatable bonds is 4. The molecule has 7 heteroatoms. The van der Waals surface area contributed by atoms with Gasteiger partial charge in [0.15, 0.2) is 0 Å². The Bertz CT molecular complexity index is 392. The van der Waals surface area contributed by atoms with Crippen LogP contribution in [0.5, 0.6) is 11.5 Å². The van der Waals surface area contributed by atoms with Crippen LogP contribution >= 0.6 is 0 Å². The van der Waals surface area contributed by atoms with E-state index in [1.54, 1.807) is 0 Å². The summed E-state index contributed by atoms with van der Waals surface area (Å²) in [5.41, 5.74) is 0.258. The SMILES string of the molecule is COC(=O)c1c(OC)cc(B(O)O)cc1OC. The molecular weight excluding hydrogens is 227 g/mol. The van der Waals surface area contributed by atoms with Crippen LogP contribution in [-0.4, -0.2) is 44.5 Å². The van der Waals surface area contributed by atoms with Crippen molar-refractivity contribution < 1.29 is 29.1 Å². The average Bonchev–Trinajstić information content (AvgIpc) is 2.35. The quantitative estimate of drug-likeness (QED) is 0.527. The topological polar surface area (TPSA) is 85.2 Å². The summed E-state index contributed by atoms with van der Waals surface area (Å²) in [6.07, 6.45) is 0. The van der Waals surface area contributed by atoms with Crippen LogP contribution in [0.4, 0.5) is 0 Å². The van der Waals surface area contributed by atoms with Gasteiger partial charge in [-0.1, -0.05) is 0 Å². The van der Waals surface area contributed by atoms with Crippen LogP contribution in [-0.2, 0) is 4.74 Å². The summed E-state index contributed by atoms with van der Waals surface area (Å²) in [5.74, 6) is -0.323. The molecule has 1 aromatic rings. The van der Waals surface area contributed by atoms with E-state index in [2.05, 4.69) is 4.74 Å². The fraction of sp³-hybridized carbons (Fsp3) is 0.300. The number of hydrogen-bond donors (Lipinski definition) is 2. The predicted molar refractivity (Wildman–Crippen MR) is 60.7 cm³/mol. The summed E-state index contributed by atoms with van der Waals surface area (Å²) in [6.45, 7) is 0. The minimum absolute atomic E-state index is 0.0990. The second-order valence-corrected chi connectivity index (χ2v) is 3.17. The Morgan fingerprint density at radius 1 is 1.12 bits per heavy atom. The first-order valence-electron chi connectivity index (χ1n) is 4.75. The summed E-state index contributed by atoms with van der Waals surface area (Å²) >= 11 is 0. The Labute approximate surface area is 98.9 Å². The highest BCUT2D eigenvalue weighted by atomic mass is 16.5. The van der Waals surface area contributed by atoms with Gasteiger partial charge < -0.3 is 24.3 Å². The molecule has 0 aliphatic carbocycles.